The van der Waals surface area contributed by atoms with Gasteiger partial charge in [-0.2, -0.15) is 0 Å². The second kappa shape index (κ2) is 9.79. The Morgan fingerprint density at radius 1 is 1.06 bits per heavy atom. The topological polar surface area (TPSA) is 137 Å². The third-order valence-corrected chi connectivity index (χ3v) is 3.92. The Hall–Kier alpha value is -3.82. The Balaban J connectivity index is 2.44. The van der Waals surface area contributed by atoms with Crippen LogP contribution in [0.5, 0.6) is 17.2 Å². The Kier molecular flexibility index (Phi) is 7.41. The summed E-state index contributed by atoms with van der Waals surface area (Å²) in [5.74, 6) is -2.16. The van der Waals surface area contributed by atoms with E-state index in [0.29, 0.717) is 0 Å². The monoisotopic (exact) mass is 432 g/mol. The van der Waals surface area contributed by atoms with Crippen LogP contribution in [-0.2, 0) is 4.74 Å². The number of rotatable bonds is 8. The molecular formula is C21H24N2O8. The minimum absolute atomic E-state index is 0.214. The van der Waals surface area contributed by atoms with Gasteiger partial charge in [-0.05, 0) is 52.0 Å². The van der Waals surface area contributed by atoms with E-state index in [1.165, 1.54) is 25.3 Å². The zero-order valence-electron chi connectivity index (χ0n) is 17.8. The number of methoxy groups -OCH3 is 1. The molecule has 0 aliphatic rings. The third-order valence-electron chi connectivity index (χ3n) is 3.92. The molecule has 0 atom stereocenters. The van der Waals surface area contributed by atoms with Gasteiger partial charge >= 0.3 is 11.7 Å². The number of carbonyl (C=O) groups is 2. The first-order chi connectivity index (χ1) is 14.5. The molecule has 2 rings (SSSR count). The summed E-state index contributed by atoms with van der Waals surface area (Å²) in [7, 11) is 1.25. The van der Waals surface area contributed by atoms with Gasteiger partial charge in [0, 0.05) is 6.07 Å². The summed E-state index contributed by atoms with van der Waals surface area (Å²) >= 11 is 0. The van der Waals surface area contributed by atoms with Crippen LogP contribution in [0.15, 0.2) is 30.3 Å². The van der Waals surface area contributed by atoms with E-state index in [4.69, 9.17) is 14.2 Å². The van der Waals surface area contributed by atoms with Gasteiger partial charge in [-0.3, -0.25) is 14.9 Å². The number of anilines is 1. The van der Waals surface area contributed by atoms with Crippen molar-refractivity contribution in [2.24, 2.45) is 0 Å². The minimum atomic E-state index is -0.750. The van der Waals surface area contributed by atoms with E-state index in [-0.39, 0.29) is 28.7 Å². The summed E-state index contributed by atoms with van der Waals surface area (Å²) < 4.78 is 15.7. The number of phenolic OH excluding ortho intramolecular Hbond substituents is 1. The molecule has 2 N–H and O–H groups in total. The van der Waals surface area contributed by atoms with E-state index in [9.17, 15) is 24.8 Å². The number of carbonyl (C=O) groups excluding carboxylic acids is 2. The van der Waals surface area contributed by atoms with Crippen molar-refractivity contribution < 1.29 is 33.8 Å². The van der Waals surface area contributed by atoms with Gasteiger partial charge in [-0.25, -0.2) is 4.79 Å². The maximum atomic E-state index is 12.8. The van der Waals surface area contributed by atoms with Crippen LogP contribution in [0.25, 0.3) is 0 Å². The lowest BCUT2D eigenvalue weighted by Gasteiger charge is -2.17. The molecule has 166 valence electrons. The highest BCUT2D eigenvalue weighted by atomic mass is 16.6. The van der Waals surface area contributed by atoms with Crippen molar-refractivity contribution in [1.82, 2.24) is 0 Å². The highest BCUT2D eigenvalue weighted by Crippen LogP contribution is 2.40. The van der Waals surface area contributed by atoms with Crippen molar-refractivity contribution >= 4 is 23.3 Å². The van der Waals surface area contributed by atoms with Crippen molar-refractivity contribution in [3.63, 3.8) is 0 Å². The molecule has 0 radical (unpaired) electrons. The van der Waals surface area contributed by atoms with Crippen molar-refractivity contribution in [3.05, 3.63) is 51.6 Å². The van der Waals surface area contributed by atoms with E-state index < -0.39 is 40.1 Å². The average Bonchev–Trinajstić information content (AvgIpc) is 2.69. The minimum Gasteiger partial charge on any atom is -0.504 e. The van der Waals surface area contributed by atoms with Crippen LogP contribution in [-0.4, -0.2) is 41.2 Å². The van der Waals surface area contributed by atoms with Gasteiger partial charge in [-0.15, -0.1) is 0 Å². The molecule has 0 aromatic heterocycles. The maximum absolute atomic E-state index is 12.8. The molecular weight excluding hydrogens is 408 g/mol. The van der Waals surface area contributed by atoms with Crippen LogP contribution in [0.2, 0.25) is 0 Å². The number of ether oxygens (including phenoxy) is 3. The molecule has 1 amide bonds. The van der Waals surface area contributed by atoms with Gasteiger partial charge in [0.05, 0.1) is 41.1 Å². The first-order valence-electron chi connectivity index (χ1n) is 9.42. The Bertz CT molecular complexity index is 1000. The zero-order valence-corrected chi connectivity index (χ0v) is 17.8. The van der Waals surface area contributed by atoms with E-state index in [1.54, 1.807) is 27.7 Å². The quantitative estimate of drug-likeness (QED) is 0.364. The summed E-state index contributed by atoms with van der Waals surface area (Å²) in [6, 6.07) is 6.53. The van der Waals surface area contributed by atoms with Crippen molar-refractivity contribution in [1.29, 1.82) is 0 Å². The Morgan fingerprint density at radius 3 is 2.26 bits per heavy atom. The number of hydrogen-bond acceptors (Lipinski definition) is 8. The summed E-state index contributed by atoms with van der Waals surface area (Å²) in [6.45, 7) is 6.81. The van der Waals surface area contributed by atoms with Crippen LogP contribution < -0.4 is 14.8 Å². The molecule has 2 aromatic carbocycles. The van der Waals surface area contributed by atoms with Crippen molar-refractivity contribution in [2.45, 2.75) is 39.9 Å². The summed E-state index contributed by atoms with van der Waals surface area (Å²) in [4.78, 5) is 35.2. The smallest absolute Gasteiger partial charge is 0.337 e. The Labute approximate surface area is 178 Å². The van der Waals surface area contributed by atoms with Crippen LogP contribution in [0.4, 0.5) is 11.4 Å². The van der Waals surface area contributed by atoms with E-state index >= 15 is 0 Å². The number of aromatic hydroxyl groups is 1. The van der Waals surface area contributed by atoms with Crippen LogP contribution >= 0.6 is 0 Å². The number of esters is 1. The fraction of sp³-hybridized carbons (Fsp3) is 0.333. The molecule has 2 aromatic rings. The maximum Gasteiger partial charge on any atom is 0.337 e. The van der Waals surface area contributed by atoms with Crippen molar-refractivity contribution in [2.75, 3.05) is 12.4 Å². The summed E-state index contributed by atoms with van der Waals surface area (Å²) in [5.41, 5.74) is -0.236. The van der Waals surface area contributed by atoms with Gasteiger partial charge in [0.1, 0.15) is 5.75 Å². The lowest BCUT2D eigenvalue weighted by Crippen LogP contribution is -2.16. The molecule has 0 aliphatic carbocycles. The highest BCUT2D eigenvalue weighted by Gasteiger charge is 2.26. The zero-order chi connectivity index (χ0) is 23.3. The number of nitro groups is 1. The fourth-order valence-electron chi connectivity index (χ4n) is 2.65. The molecule has 0 fully saturated rings. The standard InChI is InChI=1S/C21H24N2O8/c1-11(2)30-17-10-13(21(26)29-5)6-8-15(17)22-20(25)14-7-9-16(23(27)28)19(18(14)24)31-12(3)4/h6-12,24H,1-5H3,(H,22,25). The largest absolute Gasteiger partial charge is 0.504 e. The third kappa shape index (κ3) is 5.62. The molecule has 0 saturated heterocycles. The number of nitro benzene ring substituents is 1. The second-order valence-electron chi connectivity index (χ2n) is 7.06. The molecule has 31 heavy (non-hydrogen) atoms. The molecule has 0 aliphatic heterocycles. The summed E-state index contributed by atoms with van der Waals surface area (Å²) in [5, 5.41) is 24.3. The predicted molar refractivity (Wildman–Crippen MR) is 112 cm³/mol. The van der Waals surface area contributed by atoms with E-state index in [1.807, 2.05) is 0 Å². The first kappa shape index (κ1) is 23.5. The van der Waals surface area contributed by atoms with Crippen LogP contribution in [0, 0.1) is 10.1 Å². The molecule has 0 heterocycles. The van der Waals surface area contributed by atoms with Gasteiger partial charge in [0.25, 0.3) is 5.91 Å². The molecule has 0 saturated carbocycles. The van der Waals surface area contributed by atoms with Crippen LogP contribution in [0.1, 0.15) is 48.4 Å². The molecule has 0 unspecified atom stereocenters. The van der Waals surface area contributed by atoms with Gasteiger partial charge in [0.2, 0.25) is 5.75 Å². The van der Waals surface area contributed by atoms with Gasteiger partial charge < -0.3 is 24.6 Å². The number of nitrogens with zero attached hydrogens (tertiary/aromatic N) is 1. The van der Waals surface area contributed by atoms with Gasteiger partial charge in [0.15, 0.2) is 5.75 Å². The second-order valence-corrected chi connectivity index (χ2v) is 7.06. The normalized spacial score (nSPS) is 10.7. The predicted octanol–water partition coefficient (Wildman–Crippen LogP) is 3.91. The highest BCUT2D eigenvalue weighted by molar-refractivity contribution is 6.08. The SMILES string of the molecule is COC(=O)c1ccc(NC(=O)c2ccc([N+](=O)[O-])c(OC(C)C)c2O)c(OC(C)C)c1. The van der Waals surface area contributed by atoms with Crippen LogP contribution in [0.3, 0.4) is 0 Å². The van der Waals surface area contributed by atoms with Gasteiger partial charge in [-0.1, -0.05) is 0 Å². The van der Waals surface area contributed by atoms with E-state index in [0.717, 1.165) is 12.1 Å². The average molecular weight is 432 g/mol. The molecule has 0 spiro atoms. The fourth-order valence-corrected chi connectivity index (χ4v) is 2.65. The number of amides is 1. The lowest BCUT2D eigenvalue weighted by atomic mass is 10.1. The van der Waals surface area contributed by atoms with Crippen molar-refractivity contribution in [3.8, 4) is 17.2 Å². The number of nitrogens with one attached hydrogen (secondary N) is 1. The number of benzene rings is 2. The first-order valence-corrected chi connectivity index (χ1v) is 9.42. The lowest BCUT2D eigenvalue weighted by molar-refractivity contribution is -0.386. The number of phenols is 1. The Morgan fingerprint density at radius 2 is 1.71 bits per heavy atom. The molecule has 10 nitrogen and oxygen atoms in total. The van der Waals surface area contributed by atoms with E-state index in [2.05, 4.69) is 5.32 Å². The summed E-state index contributed by atoms with van der Waals surface area (Å²) in [6.07, 6.45) is -0.734. The number of hydrogen-bond donors (Lipinski definition) is 2. The molecule has 0 bridgehead atoms. The molecule has 10 heteroatoms.